The lowest BCUT2D eigenvalue weighted by molar-refractivity contribution is 0.0696. The summed E-state index contributed by atoms with van der Waals surface area (Å²) in [5, 5.41) is 21.7. The summed E-state index contributed by atoms with van der Waals surface area (Å²) in [6.45, 7) is 3.83. The van der Waals surface area contributed by atoms with Crippen LogP contribution in [0.2, 0.25) is 0 Å². The van der Waals surface area contributed by atoms with Crippen molar-refractivity contribution in [3.05, 3.63) is 53.2 Å². The number of nitrogen functional groups attached to an aromatic ring is 1. The number of fused-ring (bicyclic) bond motifs is 1. The van der Waals surface area contributed by atoms with Gasteiger partial charge in [-0.2, -0.15) is 0 Å². The number of carbonyl (C=O) groups is 2. The largest absolute Gasteiger partial charge is 0.493 e. The summed E-state index contributed by atoms with van der Waals surface area (Å²) in [6, 6.07) is 9.59. The van der Waals surface area contributed by atoms with Crippen molar-refractivity contribution < 1.29 is 34.0 Å². The number of aromatic nitrogens is 1. The molecule has 1 atom stereocenters. The van der Waals surface area contributed by atoms with Gasteiger partial charge < -0.3 is 35.5 Å². The molecule has 1 aromatic heterocycles. The Morgan fingerprint density at radius 1 is 1.14 bits per heavy atom. The third-order valence-corrected chi connectivity index (χ3v) is 5.26. The predicted molar refractivity (Wildman–Crippen MR) is 130 cm³/mol. The highest BCUT2D eigenvalue weighted by molar-refractivity contribution is 6.06. The molecule has 0 aliphatic rings. The summed E-state index contributed by atoms with van der Waals surface area (Å²) in [5.41, 5.74) is 7.40. The maximum Gasteiger partial charge on any atom is 0.339 e. The standard InChI is InChI=1S/C25H29N3O7/c1-14(27-24(30)16-8-9-18(20(12-16)33-3)34-11-5-10-29)13-35-19-7-4-6-17-22(19)23(26)21(25(31)32)15(2)28-17/h4,6-9,12,14,29H,5,10-11,13H2,1-3H3,(H2,26,28)(H,27,30)(H,31,32). The van der Waals surface area contributed by atoms with Crippen molar-refractivity contribution in [2.45, 2.75) is 26.3 Å². The van der Waals surface area contributed by atoms with Crippen LogP contribution in [0.5, 0.6) is 17.2 Å². The minimum atomic E-state index is -1.16. The Kier molecular flexibility index (Phi) is 8.32. The summed E-state index contributed by atoms with van der Waals surface area (Å²) < 4.78 is 16.8. The van der Waals surface area contributed by atoms with E-state index in [0.29, 0.717) is 52.4 Å². The second-order valence-electron chi connectivity index (χ2n) is 7.92. The van der Waals surface area contributed by atoms with Crippen molar-refractivity contribution in [3.8, 4) is 17.2 Å². The third-order valence-electron chi connectivity index (χ3n) is 5.26. The molecular weight excluding hydrogens is 454 g/mol. The molecule has 3 rings (SSSR count). The topological polar surface area (TPSA) is 153 Å². The van der Waals surface area contributed by atoms with Gasteiger partial charge in [-0.1, -0.05) is 6.07 Å². The molecular formula is C25H29N3O7. The highest BCUT2D eigenvalue weighted by Crippen LogP contribution is 2.33. The van der Waals surface area contributed by atoms with Crippen LogP contribution >= 0.6 is 0 Å². The van der Waals surface area contributed by atoms with Crippen LogP contribution in [0.25, 0.3) is 10.9 Å². The molecule has 0 aliphatic carbocycles. The Bertz CT molecular complexity index is 1230. The number of hydrogen-bond donors (Lipinski definition) is 4. The number of aliphatic hydroxyl groups is 1. The fraction of sp³-hybridized carbons (Fsp3) is 0.320. The van der Waals surface area contributed by atoms with Crippen LogP contribution in [0.4, 0.5) is 5.69 Å². The van der Waals surface area contributed by atoms with E-state index in [-0.39, 0.29) is 36.4 Å². The summed E-state index contributed by atoms with van der Waals surface area (Å²) >= 11 is 0. The molecule has 0 radical (unpaired) electrons. The van der Waals surface area contributed by atoms with E-state index in [0.717, 1.165) is 0 Å². The molecule has 3 aromatic rings. The summed E-state index contributed by atoms with van der Waals surface area (Å²) in [5.74, 6) is -0.230. The van der Waals surface area contributed by atoms with E-state index in [1.807, 2.05) is 0 Å². The smallest absolute Gasteiger partial charge is 0.339 e. The van der Waals surface area contributed by atoms with Crippen molar-refractivity contribution in [3.63, 3.8) is 0 Å². The molecule has 0 bridgehead atoms. The van der Waals surface area contributed by atoms with E-state index >= 15 is 0 Å². The van der Waals surface area contributed by atoms with E-state index in [1.165, 1.54) is 7.11 Å². The van der Waals surface area contributed by atoms with Gasteiger partial charge in [-0.15, -0.1) is 0 Å². The Balaban J connectivity index is 1.70. The molecule has 10 nitrogen and oxygen atoms in total. The number of methoxy groups -OCH3 is 1. The lowest BCUT2D eigenvalue weighted by Crippen LogP contribution is -2.36. The number of hydrogen-bond acceptors (Lipinski definition) is 8. The summed E-state index contributed by atoms with van der Waals surface area (Å²) in [4.78, 5) is 28.7. The molecule has 35 heavy (non-hydrogen) atoms. The molecule has 0 saturated carbocycles. The van der Waals surface area contributed by atoms with Gasteiger partial charge in [-0.3, -0.25) is 9.78 Å². The Hall–Kier alpha value is -4.05. The number of pyridine rings is 1. The first-order chi connectivity index (χ1) is 16.8. The van der Waals surface area contributed by atoms with Gasteiger partial charge in [0, 0.05) is 18.6 Å². The van der Waals surface area contributed by atoms with E-state index in [2.05, 4.69) is 10.3 Å². The zero-order valence-corrected chi connectivity index (χ0v) is 19.8. The molecule has 1 unspecified atom stereocenters. The second kappa shape index (κ2) is 11.4. The summed E-state index contributed by atoms with van der Waals surface area (Å²) in [7, 11) is 1.48. The maximum absolute atomic E-state index is 12.7. The van der Waals surface area contributed by atoms with E-state index in [9.17, 15) is 14.7 Å². The summed E-state index contributed by atoms with van der Waals surface area (Å²) in [6.07, 6.45) is 0.485. The lowest BCUT2D eigenvalue weighted by Gasteiger charge is -2.18. The fourth-order valence-electron chi connectivity index (χ4n) is 3.57. The first-order valence-electron chi connectivity index (χ1n) is 11.0. The molecule has 0 aliphatic heterocycles. The van der Waals surface area contributed by atoms with Crippen LogP contribution in [-0.2, 0) is 0 Å². The van der Waals surface area contributed by atoms with Crippen LogP contribution in [0, 0.1) is 6.92 Å². The number of aryl methyl sites for hydroxylation is 1. The van der Waals surface area contributed by atoms with Gasteiger partial charge in [-0.05, 0) is 44.2 Å². The average molecular weight is 484 g/mol. The fourth-order valence-corrected chi connectivity index (χ4v) is 3.57. The first kappa shape index (κ1) is 25.6. The second-order valence-corrected chi connectivity index (χ2v) is 7.92. The monoisotopic (exact) mass is 483 g/mol. The number of aliphatic hydroxyl groups excluding tert-OH is 1. The Morgan fingerprint density at radius 3 is 2.60 bits per heavy atom. The highest BCUT2D eigenvalue weighted by Gasteiger charge is 2.20. The van der Waals surface area contributed by atoms with Gasteiger partial charge in [0.1, 0.15) is 17.9 Å². The van der Waals surface area contributed by atoms with Gasteiger partial charge >= 0.3 is 5.97 Å². The van der Waals surface area contributed by atoms with Crippen molar-refractivity contribution in [1.29, 1.82) is 0 Å². The zero-order chi connectivity index (χ0) is 25.5. The Labute approximate surface area is 202 Å². The van der Waals surface area contributed by atoms with Gasteiger partial charge in [0.2, 0.25) is 0 Å². The van der Waals surface area contributed by atoms with E-state index < -0.39 is 5.97 Å². The van der Waals surface area contributed by atoms with Crippen molar-refractivity contribution in [2.24, 2.45) is 0 Å². The van der Waals surface area contributed by atoms with Crippen molar-refractivity contribution >= 4 is 28.5 Å². The first-order valence-corrected chi connectivity index (χ1v) is 11.0. The molecule has 10 heteroatoms. The van der Waals surface area contributed by atoms with E-state index in [4.69, 9.17) is 25.1 Å². The van der Waals surface area contributed by atoms with Crippen molar-refractivity contribution in [1.82, 2.24) is 10.3 Å². The lowest BCUT2D eigenvalue weighted by atomic mass is 10.1. The highest BCUT2D eigenvalue weighted by atomic mass is 16.5. The number of benzene rings is 2. The minimum Gasteiger partial charge on any atom is -0.493 e. The minimum absolute atomic E-state index is 0.0189. The van der Waals surface area contributed by atoms with Gasteiger partial charge in [0.25, 0.3) is 5.91 Å². The number of anilines is 1. The van der Waals surface area contributed by atoms with Gasteiger partial charge in [0.05, 0.1) is 42.0 Å². The molecule has 1 heterocycles. The molecule has 0 saturated heterocycles. The molecule has 5 N–H and O–H groups in total. The molecule has 186 valence electrons. The average Bonchev–Trinajstić information content (AvgIpc) is 2.82. The van der Waals surface area contributed by atoms with Crippen molar-refractivity contribution in [2.75, 3.05) is 32.7 Å². The number of amides is 1. The number of nitrogens with zero attached hydrogens (tertiary/aromatic N) is 1. The molecule has 0 spiro atoms. The predicted octanol–water partition coefficient (Wildman–Crippen LogP) is 2.79. The van der Waals surface area contributed by atoms with Crippen LogP contribution in [0.15, 0.2) is 36.4 Å². The molecule has 0 fully saturated rings. The van der Waals surface area contributed by atoms with Gasteiger partial charge in [-0.25, -0.2) is 4.79 Å². The van der Waals surface area contributed by atoms with Crippen LogP contribution in [0.1, 0.15) is 39.8 Å². The SMILES string of the molecule is COc1cc(C(=O)NC(C)COc2cccc3nc(C)c(C(=O)O)c(N)c23)ccc1OCCCO. The number of aromatic carboxylic acids is 1. The van der Waals surface area contributed by atoms with Crippen LogP contribution in [-0.4, -0.2) is 60.0 Å². The third kappa shape index (κ3) is 5.90. The number of rotatable bonds is 11. The molecule has 2 aromatic carbocycles. The normalized spacial score (nSPS) is 11.7. The molecule has 1 amide bonds. The Morgan fingerprint density at radius 2 is 1.91 bits per heavy atom. The zero-order valence-electron chi connectivity index (χ0n) is 19.8. The number of nitrogens with two attached hydrogens (primary N) is 1. The number of carboxylic acids is 1. The van der Waals surface area contributed by atoms with Crippen LogP contribution in [0.3, 0.4) is 0 Å². The van der Waals surface area contributed by atoms with E-state index in [1.54, 1.807) is 50.2 Å². The number of ether oxygens (including phenoxy) is 3. The quantitative estimate of drug-likeness (QED) is 0.301. The number of nitrogens with one attached hydrogen (secondary N) is 1. The number of carbonyl (C=O) groups excluding carboxylic acids is 1. The maximum atomic E-state index is 12.7. The number of carboxylic acid groups (broad SMARTS) is 1. The van der Waals surface area contributed by atoms with Gasteiger partial charge in [0.15, 0.2) is 11.5 Å². The van der Waals surface area contributed by atoms with Crippen LogP contribution < -0.4 is 25.3 Å².